The molecular formula is C18H15NO4. The molecule has 0 spiro atoms. The Morgan fingerprint density at radius 1 is 1.00 bits per heavy atom. The zero-order valence-electron chi connectivity index (χ0n) is 12.5. The molecular weight excluding hydrogens is 294 g/mol. The number of hydrogen-bond acceptors (Lipinski definition) is 4. The fraction of sp³-hybridized carbons (Fsp3) is 0.111. The summed E-state index contributed by atoms with van der Waals surface area (Å²) >= 11 is 0. The summed E-state index contributed by atoms with van der Waals surface area (Å²) in [6.07, 6.45) is 1.32. The highest BCUT2D eigenvalue weighted by Gasteiger charge is 2.28. The molecule has 0 atom stereocenters. The molecule has 1 aliphatic rings. The Bertz CT molecular complexity index is 781. The van der Waals surface area contributed by atoms with Gasteiger partial charge >= 0.3 is 0 Å². The maximum Gasteiger partial charge on any atom is 0.261 e. The summed E-state index contributed by atoms with van der Waals surface area (Å²) in [4.78, 5) is 23.8. The van der Waals surface area contributed by atoms with E-state index in [4.69, 9.17) is 9.47 Å². The van der Waals surface area contributed by atoms with Crippen LogP contribution in [-0.2, 0) is 16.1 Å². The van der Waals surface area contributed by atoms with Gasteiger partial charge in [-0.3, -0.25) is 14.9 Å². The van der Waals surface area contributed by atoms with Crippen LogP contribution in [0.2, 0.25) is 0 Å². The molecule has 0 aliphatic carbocycles. The smallest absolute Gasteiger partial charge is 0.261 e. The third-order valence-electron chi connectivity index (χ3n) is 3.48. The molecule has 116 valence electrons. The van der Waals surface area contributed by atoms with Gasteiger partial charge in [0.15, 0.2) is 0 Å². The molecule has 0 aromatic heterocycles. The first-order valence-corrected chi connectivity index (χ1v) is 7.09. The summed E-state index contributed by atoms with van der Waals surface area (Å²) in [5.41, 5.74) is 2.25. The Balaban J connectivity index is 1.89. The summed E-state index contributed by atoms with van der Waals surface area (Å²) in [6, 6.07) is 14.8. The van der Waals surface area contributed by atoms with Crippen molar-refractivity contribution in [3.8, 4) is 5.75 Å². The molecule has 2 aromatic carbocycles. The molecule has 0 saturated carbocycles. The van der Waals surface area contributed by atoms with E-state index in [0.29, 0.717) is 29.1 Å². The molecule has 1 aliphatic heterocycles. The number of benzene rings is 2. The van der Waals surface area contributed by atoms with E-state index >= 15 is 0 Å². The quantitative estimate of drug-likeness (QED) is 0.535. The van der Waals surface area contributed by atoms with Crippen molar-refractivity contribution in [2.75, 3.05) is 7.11 Å². The standard InChI is InChI=1S/C18H15NO4/c1-22-11-16-15-9-13(23-10-12-5-3-2-4-6-12)7-8-14(15)17(20)19-18(16)21/h2-9,11H,10H2,1H3,(H,19,20,21)/b16-11-. The molecule has 0 saturated heterocycles. The van der Waals surface area contributed by atoms with Crippen molar-refractivity contribution in [2.45, 2.75) is 6.61 Å². The van der Waals surface area contributed by atoms with E-state index in [1.807, 2.05) is 30.3 Å². The van der Waals surface area contributed by atoms with Gasteiger partial charge in [-0.2, -0.15) is 0 Å². The molecule has 1 heterocycles. The number of amides is 2. The Morgan fingerprint density at radius 3 is 2.52 bits per heavy atom. The van der Waals surface area contributed by atoms with Crippen molar-refractivity contribution in [1.82, 2.24) is 5.32 Å². The molecule has 2 aromatic rings. The average molecular weight is 309 g/mol. The number of imide groups is 1. The van der Waals surface area contributed by atoms with Gasteiger partial charge in [0.2, 0.25) is 0 Å². The van der Waals surface area contributed by atoms with Gasteiger partial charge in [-0.05, 0) is 23.8 Å². The van der Waals surface area contributed by atoms with Gasteiger partial charge in [0.05, 0.1) is 18.9 Å². The van der Waals surface area contributed by atoms with E-state index in [2.05, 4.69) is 5.32 Å². The number of methoxy groups -OCH3 is 1. The van der Waals surface area contributed by atoms with Crippen LogP contribution in [0.15, 0.2) is 54.8 Å². The van der Waals surface area contributed by atoms with Crippen LogP contribution < -0.4 is 10.1 Å². The molecule has 0 fully saturated rings. The third kappa shape index (κ3) is 3.08. The van der Waals surface area contributed by atoms with E-state index < -0.39 is 11.8 Å². The molecule has 1 N–H and O–H groups in total. The summed E-state index contributed by atoms with van der Waals surface area (Å²) in [5, 5.41) is 2.28. The fourth-order valence-corrected chi connectivity index (χ4v) is 2.37. The SMILES string of the molecule is CO/C=C1\C(=O)NC(=O)c2ccc(OCc3ccccc3)cc21. The van der Waals surface area contributed by atoms with Crippen molar-refractivity contribution >= 4 is 17.4 Å². The molecule has 0 bridgehead atoms. The zero-order valence-corrected chi connectivity index (χ0v) is 12.5. The van der Waals surface area contributed by atoms with Gasteiger partial charge in [-0.25, -0.2) is 0 Å². The van der Waals surface area contributed by atoms with Crippen LogP contribution in [0.4, 0.5) is 0 Å². The second-order valence-electron chi connectivity index (χ2n) is 5.03. The van der Waals surface area contributed by atoms with Gasteiger partial charge in [0, 0.05) is 11.1 Å². The topological polar surface area (TPSA) is 64.6 Å². The molecule has 0 unspecified atom stereocenters. The monoisotopic (exact) mass is 309 g/mol. The Morgan fingerprint density at radius 2 is 1.78 bits per heavy atom. The lowest BCUT2D eigenvalue weighted by Gasteiger charge is -2.19. The fourth-order valence-electron chi connectivity index (χ4n) is 2.37. The number of nitrogens with one attached hydrogen (secondary N) is 1. The summed E-state index contributed by atoms with van der Waals surface area (Å²) in [5.74, 6) is -0.325. The van der Waals surface area contributed by atoms with E-state index in [1.54, 1.807) is 18.2 Å². The van der Waals surface area contributed by atoms with E-state index in [1.165, 1.54) is 13.4 Å². The van der Waals surface area contributed by atoms with E-state index in [0.717, 1.165) is 5.56 Å². The molecule has 5 heteroatoms. The Kier molecular flexibility index (Phi) is 4.10. The number of carbonyl (C=O) groups is 2. The highest BCUT2D eigenvalue weighted by molar-refractivity contribution is 6.30. The minimum atomic E-state index is -0.482. The van der Waals surface area contributed by atoms with Crippen LogP contribution in [-0.4, -0.2) is 18.9 Å². The van der Waals surface area contributed by atoms with Gasteiger partial charge in [-0.15, -0.1) is 0 Å². The van der Waals surface area contributed by atoms with Gasteiger partial charge in [0.25, 0.3) is 11.8 Å². The maximum atomic E-state index is 11.9. The molecule has 3 rings (SSSR count). The molecule has 23 heavy (non-hydrogen) atoms. The molecule has 5 nitrogen and oxygen atoms in total. The molecule has 0 radical (unpaired) electrons. The van der Waals surface area contributed by atoms with Crippen LogP contribution in [0.5, 0.6) is 5.75 Å². The van der Waals surface area contributed by atoms with Crippen LogP contribution in [0.25, 0.3) is 5.57 Å². The van der Waals surface area contributed by atoms with E-state index in [-0.39, 0.29) is 0 Å². The lowest BCUT2D eigenvalue weighted by Crippen LogP contribution is -2.36. The minimum absolute atomic E-state index is 0.298. The Hall–Kier alpha value is -3.08. The van der Waals surface area contributed by atoms with Crippen LogP contribution in [0.3, 0.4) is 0 Å². The van der Waals surface area contributed by atoms with Crippen molar-refractivity contribution in [3.63, 3.8) is 0 Å². The van der Waals surface area contributed by atoms with Crippen molar-refractivity contribution in [1.29, 1.82) is 0 Å². The van der Waals surface area contributed by atoms with Crippen molar-refractivity contribution < 1.29 is 19.1 Å². The first-order valence-electron chi connectivity index (χ1n) is 7.09. The Labute approximate surface area is 133 Å². The van der Waals surface area contributed by atoms with E-state index in [9.17, 15) is 9.59 Å². The van der Waals surface area contributed by atoms with Crippen LogP contribution in [0.1, 0.15) is 21.5 Å². The third-order valence-corrected chi connectivity index (χ3v) is 3.48. The van der Waals surface area contributed by atoms with Gasteiger partial charge in [0.1, 0.15) is 12.4 Å². The van der Waals surface area contributed by atoms with Gasteiger partial charge < -0.3 is 9.47 Å². The highest BCUT2D eigenvalue weighted by atomic mass is 16.5. The predicted molar refractivity (Wildman–Crippen MR) is 84.7 cm³/mol. The summed E-state index contributed by atoms with van der Waals surface area (Å²) < 4.78 is 10.7. The number of fused-ring (bicyclic) bond motifs is 1. The number of rotatable bonds is 4. The number of carbonyl (C=O) groups excluding carboxylic acids is 2. The van der Waals surface area contributed by atoms with Crippen molar-refractivity contribution in [3.05, 3.63) is 71.5 Å². The second kappa shape index (κ2) is 6.36. The van der Waals surface area contributed by atoms with Crippen LogP contribution in [0, 0.1) is 0 Å². The summed E-state index contributed by atoms with van der Waals surface area (Å²) in [7, 11) is 1.45. The zero-order chi connectivity index (χ0) is 16.2. The number of ether oxygens (including phenoxy) is 2. The lowest BCUT2D eigenvalue weighted by molar-refractivity contribution is -0.114. The summed E-state index contributed by atoms with van der Waals surface area (Å²) in [6.45, 7) is 0.406. The minimum Gasteiger partial charge on any atom is -0.504 e. The highest BCUT2D eigenvalue weighted by Crippen LogP contribution is 2.28. The average Bonchev–Trinajstić information content (AvgIpc) is 2.57. The van der Waals surface area contributed by atoms with Crippen molar-refractivity contribution in [2.24, 2.45) is 0 Å². The predicted octanol–water partition coefficient (Wildman–Crippen LogP) is 2.52. The maximum absolute atomic E-state index is 11.9. The first-order chi connectivity index (χ1) is 11.2. The first kappa shape index (κ1) is 14.8. The normalized spacial score (nSPS) is 15.1. The lowest BCUT2D eigenvalue weighted by atomic mass is 9.95. The number of hydrogen-bond donors (Lipinski definition) is 1. The largest absolute Gasteiger partial charge is 0.504 e. The molecule has 2 amide bonds. The van der Waals surface area contributed by atoms with Crippen LogP contribution >= 0.6 is 0 Å². The van der Waals surface area contributed by atoms with Gasteiger partial charge in [-0.1, -0.05) is 30.3 Å². The second-order valence-corrected chi connectivity index (χ2v) is 5.03.